The van der Waals surface area contributed by atoms with Gasteiger partial charge in [-0.3, -0.25) is 4.79 Å². The van der Waals surface area contributed by atoms with Crippen molar-refractivity contribution in [3.05, 3.63) is 52.7 Å². The van der Waals surface area contributed by atoms with Gasteiger partial charge in [-0.25, -0.2) is 0 Å². The Balaban J connectivity index is 1.86. The molecule has 33 heavy (non-hydrogen) atoms. The molecule has 1 aliphatic heterocycles. The molecule has 0 aliphatic carbocycles. The molecule has 0 unspecified atom stereocenters. The van der Waals surface area contributed by atoms with Gasteiger partial charge in [0.1, 0.15) is 41.3 Å². The van der Waals surface area contributed by atoms with Crippen molar-refractivity contribution < 1.29 is 43.8 Å². The van der Waals surface area contributed by atoms with Crippen molar-refractivity contribution in [3.63, 3.8) is 0 Å². The number of hydrogen-bond acceptors (Lipinski definition) is 10. The average Bonchev–Trinajstić information content (AvgIpc) is 2.84. The largest absolute Gasteiger partial charge is 0.493 e. The van der Waals surface area contributed by atoms with Crippen LogP contribution in [0.15, 0.2) is 51.7 Å². The van der Waals surface area contributed by atoms with Gasteiger partial charge in [0.2, 0.25) is 12.0 Å². The fourth-order valence-corrected chi connectivity index (χ4v) is 3.73. The molecular weight excluding hydrogens is 436 g/mol. The summed E-state index contributed by atoms with van der Waals surface area (Å²) >= 11 is 0. The van der Waals surface area contributed by atoms with E-state index in [0.717, 1.165) is 0 Å². The van der Waals surface area contributed by atoms with Crippen molar-refractivity contribution in [2.45, 2.75) is 30.7 Å². The molecule has 3 aromatic rings. The van der Waals surface area contributed by atoms with Gasteiger partial charge in [-0.2, -0.15) is 0 Å². The highest BCUT2D eigenvalue weighted by atomic mass is 16.7. The van der Waals surface area contributed by atoms with Gasteiger partial charge in [0.15, 0.2) is 16.8 Å². The second kappa shape index (κ2) is 9.38. The van der Waals surface area contributed by atoms with E-state index < -0.39 is 42.7 Å². The Labute approximate surface area is 188 Å². The third kappa shape index (κ3) is 4.14. The van der Waals surface area contributed by atoms with E-state index in [2.05, 4.69) is 0 Å². The predicted molar refractivity (Wildman–Crippen MR) is 115 cm³/mol. The maximum atomic E-state index is 13.2. The lowest BCUT2D eigenvalue weighted by atomic mass is 9.99. The normalized spacial score (nSPS) is 25.1. The fraction of sp³-hybridized carbons (Fsp3) is 0.348. The first-order chi connectivity index (χ1) is 15.9. The number of fused-ring (bicyclic) bond motifs is 1. The molecular formula is C23H24O10. The summed E-state index contributed by atoms with van der Waals surface area (Å²) in [5.41, 5.74) is 0.246. The lowest BCUT2D eigenvalue weighted by Gasteiger charge is -2.39. The van der Waals surface area contributed by atoms with Crippen molar-refractivity contribution in [2.24, 2.45) is 0 Å². The van der Waals surface area contributed by atoms with E-state index in [4.69, 9.17) is 23.4 Å². The molecule has 1 saturated heterocycles. The molecule has 0 bridgehead atoms. The molecule has 2 aromatic carbocycles. The Bertz CT molecular complexity index is 1170. The van der Waals surface area contributed by atoms with Crippen LogP contribution in [0.4, 0.5) is 0 Å². The van der Waals surface area contributed by atoms with Crippen molar-refractivity contribution in [1.82, 2.24) is 0 Å². The molecule has 1 aromatic heterocycles. The van der Waals surface area contributed by atoms with Crippen LogP contribution in [0.1, 0.15) is 0 Å². The molecule has 0 radical (unpaired) electrons. The number of benzene rings is 2. The third-order valence-corrected chi connectivity index (χ3v) is 5.46. The molecule has 5 atom stereocenters. The summed E-state index contributed by atoms with van der Waals surface area (Å²) in [5.74, 6) is 0.556. The maximum Gasteiger partial charge on any atom is 0.229 e. The number of aliphatic hydroxyl groups excluding tert-OH is 4. The van der Waals surface area contributed by atoms with Crippen LogP contribution in [-0.2, 0) is 4.74 Å². The number of rotatable bonds is 6. The maximum absolute atomic E-state index is 13.2. The highest BCUT2D eigenvalue weighted by Crippen LogP contribution is 2.42. The number of ether oxygens (including phenoxy) is 4. The van der Waals surface area contributed by atoms with Crippen LogP contribution in [0.3, 0.4) is 0 Å². The molecule has 176 valence electrons. The Morgan fingerprint density at radius 3 is 2.30 bits per heavy atom. The van der Waals surface area contributed by atoms with Crippen LogP contribution >= 0.6 is 0 Å². The monoisotopic (exact) mass is 460 g/mol. The predicted octanol–water partition coefficient (Wildman–Crippen LogP) is 0.656. The van der Waals surface area contributed by atoms with Gasteiger partial charge >= 0.3 is 0 Å². The first-order valence-corrected chi connectivity index (χ1v) is 10.1. The minimum absolute atomic E-state index is 0.00992. The Morgan fingerprint density at radius 2 is 1.67 bits per heavy atom. The summed E-state index contributed by atoms with van der Waals surface area (Å²) < 4.78 is 28.0. The first kappa shape index (κ1) is 23.0. The second-order valence-corrected chi connectivity index (χ2v) is 7.47. The van der Waals surface area contributed by atoms with Crippen LogP contribution in [0.25, 0.3) is 22.3 Å². The lowest BCUT2D eigenvalue weighted by molar-refractivity contribution is -0.277. The fourth-order valence-electron chi connectivity index (χ4n) is 3.73. The van der Waals surface area contributed by atoms with E-state index >= 15 is 0 Å². The molecule has 1 aliphatic rings. The highest BCUT2D eigenvalue weighted by Gasteiger charge is 2.45. The summed E-state index contributed by atoms with van der Waals surface area (Å²) in [7, 11) is 2.78. The van der Waals surface area contributed by atoms with Crippen LogP contribution in [0.2, 0.25) is 0 Å². The van der Waals surface area contributed by atoms with Crippen molar-refractivity contribution in [3.8, 4) is 28.6 Å². The Morgan fingerprint density at radius 1 is 0.939 bits per heavy atom. The van der Waals surface area contributed by atoms with Crippen molar-refractivity contribution in [2.75, 3.05) is 20.8 Å². The minimum Gasteiger partial charge on any atom is -0.493 e. The zero-order chi connectivity index (χ0) is 23.7. The summed E-state index contributed by atoms with van der Waals surface area (Å²) in [6.07, 6.45) is -7.54. The summed E-state index contributed by atoms with van der Waals surface area (Å²) in [4.78, 5) is 13.2. The minimum atomic E-state index is -1.67. The first-order valence-electron chi connectivity index (χ1n) is 10.1. The molecule has 1 fully saturated rings. The zero-order valence-electron chi connectivity index (χ0n) is 17.9. The van der Waals surface area contributed by atoms with Gasteiger partial charge < -0.3 is 43.8 Å². The van der Waals surface area contributed by atoms with Crippen LogP contribution < -0.4 is 19.6 Å². The standard InChI is InChI=1S/C23H24O10/c1-29-15-9-14(32-23-20(28)19(27)18(26)16(10-24)33-23)17-12(25)8-13(11-6-4-3-5-7-11)31-22(17)21(15)30-2/h3-9,16,18-20,23-24,26-28H,10H2,1-2H3/t16-,18+,19-,20-,23-/m1/s1. The lowest BCUT2D eigenvalue weighted by Crippen LogP contribution is -2.60. The summed E-state index contributed by atoms with van der Waals surface area (Å²) in [6, 6.07) is 11.7. The van der Waals surface area contributed by atoms with E-state index in [0.29, 0.717) is 11.3 Å². The zero-order valence-corrected chi connectivity index (χ0v) is 17.9. The van der Waals surface area contributed by atoms with Crippen LogP contribution in [0.5, 0.6) is 17.2 Å². The Hall–Kier alpha value is -3.15. The molecule has 10 nitrogen and oxygen atoms in total. The summed E-state index contributed by atoms with van der Waals surface area (Å²) in [5, 5.41) is 39.8. The van der Waals surface area contributed by atoms with Gasteiger partial charge in [-0.1, -0.05) is 30.3 Å². The molecule has 4 rings (SSSR count). The van der Waals surface area contributed by atoms with Crippen molar-refractivity contribution >= 4 is 11.0 Å². The topological polar surface area (TPSA) is 148 Å². The molecule has 0 spiro atoms. The Kier molecular flexibility index (Phi) is 6.54. The third-order valence-electron chi connectivity index (χ3n) is 5.46. The number of methoxy groups -OCH3 is 2. The van der Waals surface area contributed by atoms with Crippen molar-refractivity contribution in [1.29, 1.82) is 0 Å². The van der Waals surface area contributed by atoms with Gasteiger partial charge in [-0.15, -0.1) is 0 Å². The van der Waals surface area contributed by atoms with Gasteiger partial charge in [-0.05, 0) is 0 Å². The molecule has 4 N–H and O–H groups in total. The smallest absolute Gasteiger partial charge is 0.229 e. The molecule has 10 heteroatoms. The van der Waals surface area contributed by atoms with E-state index in [1.807, 2.05) is 6.07 Å². The van der Waals surface area contributed by atoms with E-state index in [9.17, 15) is 25.2 Å². The average molecular weight is 460 g/mol. The molecule has 0 saturated carbocycles. The van der Waals surface area contributed by atoms with E-state index in [-0.39, 0.29) is 28.2 Å². The summed E-state index contributed by atoms with van der Waals surface area (Å²) in [6.45, 7) is -0.625. The quantitative estimate of drug-likeness (QED) is 0.413. The highest BCUT2D eigenvalue weighted by molar-refractivity contribution is 5.92. The number of hydrogen-bond donors (Lipinski definition) is 4. The van der Waals surface area contributed by atoms with E-state index in [1.54, 1.807) is 24.3 Å². The second-order valence-electron chi connectivity index (χ2n) is 7.47. The van der Waals surface area contributed by atoms with Crippen LogP contribution in [0, 0.1) is 0 Å². The van der Waals surface area contributed by atoms with Crippen LogP contribution in [-0.4, -0.2) is 72.0 Å². The van der Waals surface area contributed by atoms with E-state index in [1.165, 1.54) is 26.4 Å². The van der Waals surface area contributed by atoms with Gasteiger partial charge in [0.05, 0.1) is 20.8 Å². The van der Waals surface area contributed by atoms with Gasteiger partial charge in [0, 0.05) is 17.7 Å². The number of aliphatic hydroxyl groups is 4. The van der Waals surface area contributed by atoms with Gasteiger partial charge in [0.25, 0.3) is 0 Å². The molecule has 2 heterocycles. The molecule has 0 amide bonds. The SMILES string of the molecule is COc1cc(O[C@@H]2O[C@H](CO)[C@H](O)[C@@H](O)[C@H]2O)c2c(=O)cc(-c3ccccc3)oc2c1OC.